The van der Waals surface area contributed by atoms with Gasteiger partial charge in [-0.1, -0.05) is 54.1 Å². The third-order valence-corrected chi connectivity index (χ3v) is 5.03. The summed E-state index contributed by atoms with van der Waals surface area (Å²) in [7, 11) is 0. The van der Waals surface area contributed by atoms with Gasteiger partial charge in [0.25, 0.3) is 0 Å². The molecule has 1 heterocycles. The van der Waals surface area contributed by atoms with Crippen LogP contribution in [0.25, 0.3) is 0 Å². The van der Waals surface area contributed by atoms with Gasteiger partial charge in [0.2, 0.25) is 0 Å². The van der Waals surface area contributed by atoms with Crippen LogP contribution in [-0.2, 0) is 19.6 Å². The van der Waals surface area contributed by atoms with Crippen molar-refractivity contribution in [2.24, 2.45) is 0 Å². The number of piperidine rings is 1. The van der Waals surface area contributed by atoms with Gasteiger partial charge in [0, 0.05) is 37.7 Å². The van der Waals surface area contributed by atoms with E-state index in [0.29, 0.717) is 0 Å². The van der Waals surface area contributed by atoms with Crippen LogP contribution >= 0.6 is 11.6 Å². The highest BCUT2D eigenvalue weighted by molar-refractivity contribution is 6.31. The van der Waals surface area contributed by atoms with Crippen LogP contribution in [0, 0.1) is 0 Å². The zero-order valence-electron chi connectivity index (χ0n) is 13.9. The topological polar surface area (TPSA) is 35.5 Å². The fourth-order valence-corrected chi connectivity index (χ4v) is 3.38. The molecule has 1 aliphatic heterocycles. The molecule has 2 aromatic carbocycles. The van der Waals surface area contributed by atoms with E-state index in [1.807, 2.05) is 18.2 Å². The summed E-state index contributed by atoms with van der Waals surface area (Å²) in [5.41, 5.74) is 3.82. The Morgan fingerprint density at radius 1 is 0.917 bits per heavy atom. The molecule has 0 aliphatic carbocycles. The van der Waals surface area contributed by atoms with Gasteiger partial charge in [-0.25, -0.2) is 0 Å². The van der Waals surface area contributed by atoms with Gasteiger partial charge in [0.05, 0.1) is 6.10 Å². The van der Waals surface area contributed by atoms with Crippen molar-refractivity contribution >= 4 is 11.6 Å². The van der Waals surface area contributed by atoms with Gasteiger partial charge in [-0.15, -0.1) is 0 Å². The molecule has 0 unspecified atom stereocenters. The SMILES string of the molecule is OC1CCN(Cc2ccccc2CNCc2ccccc2Cl)CC1. The van der Waals surface area contributed by atoms with Gasteiger partial charge >= 0.3 is 0 Å². The lowest BCUT2D eigenvalue weighted by atomic mass is 10.0. The first-order valence-corrected chi connectivity index (χ1v) is 9.01. The molecule has 0 atom stereocenters. The Morgan fingerprint density at radius 2 is 1.50 bits per heavy atom. The Balaban J connectivity index is 1.57. The Morgan fingerprint density at radius 3 is 2.21 bits per heavy atom. The highest BCUT2D eigenvalue weighted by Crippen LogP contribution is 2.18. The minimum atomic E-state index is -0.117. The average Bonchev–Trinajstić information content (AvgIpc) is 2.60. The third-order valence-electron chi connectivity index (χ3n) is 4.66. The van der Waals surface area contributed by atoms with Gasteiger partial charge in [-0.3, -0.25) is 4.90 Å². The number of hydrogen-bond donors (Lipinski definition) is 2. The molecule has 1 saturated heterocycles. The smallest absolute Gasteiger partial charge is 0.0564 e. The molecular formula is C20H25ClN2O. The van der Waals surface area contributed by atoms with Crippen LogP contribution < -0.4 is 5.32 Å². The average molecular weight is 345 g/mol. The molecule has 0 aromatic heterocycles. The zero-order chi connectivity index (χ0) is 16.8. The van der Waals surface area contributed by atoms with Gasteiger partial charge in [0.15, 0.2) is 0 Å². The van der Waals surface area contributed by atoms with Crippen LogP contribution in [0.3, 0.4) is 0 Å². The van der Waals surface area contributed by atoms with E-state index in [1.54, 1.807) is 0 Å². The minimum Gasteiger partial charge on any atom is -0.393 e. The summed E-state index contributed by atoms with van der Waals surface area (Å²) in [6, 6.07) is 16.5. The molecule has 4 heteroatoms. The lowest BCUT2D eigenvalue weighted by Crippen LogP contribution is -2.35. The normalized spacial score (nSPS) is 16.4. The highest BCUT2D eigenvalue weighted by atomic mass is 35.5. The van der Waals surface area contributed by atoms with Crippen LogP contribution in [-0.4, -0.2) is 29.2 Å². The number of rotatable bonds is 6. The van der Waals surface area contributed by atoms with Gasteiger partial charge in [-0.2, -0.15) is 0 Å². The lowest BCUT2D eigenvalue weighted by Gasteiger charge is -2.30. The second-order valence-corrected chi connectivity index (χ2v) is 6.88. The monoisotopic (exact) mass is 344 g/mol. The van der Waals surface area contributed by atoms with E-state index in [0.717, 1.165) is 56.2 Å². The van der Waals surface area contributed by atoms with Gasteiger partial charge < -0.3 is 10.4 Å². The van der Waals surface area contributed by atoms with Crippen molar-refractivity contribution in [1.82, 2.24) is 10.2 Å². The molecule has 3 rings (SSSR count). The number of nitrogens with one attached hydrogen (secondary N) is 1. The number of likely N-dealkylation sites (tertiary alicyclic amines) is 1. The Kier molecular flexibility index (Phi) is 6.27. The number of hydrogen-bond acceptors (Lipinski definition) is 3. The maximum atomic E-state index is 9.65. The molecule has 0 saturated carbocycles. The van der Waals surface area contributed by atoms with Crippen molar-refractivity contribution in [2.45, 2.75) is 38.6 Å². The standard InChI is InChI=1S/C20H25ClN2O/c21-20-8-4-3-6-17(20)14-22-13-16-5-1-2-7-18(16)15-23-11-9-19(24)10-12-23/h1-8,19,22,24H,9-15H2. The van der Waals surface area contributed by atoms with Crippen molar-refractivity contribution in [2.75, 3.05) is 13.1 Å². The molecule has 0 spiro atoms. The zero-order valence-corrected chi connectivity index (χ0v) is 14.7. The van der Waals surface area contributed by atoms with E-state index in [9.17, 15) is 5.11 Å². The largest absolute Gasteiger partial charge is 0.393 e. The van der Waals surface area contributed by atoms with Crippen molar-refractivity contribution in [3.05, 3.63) is 70.2 Å². The Labute approximate surface area is 149 Å². The number of aliphatic hydroxyl groups is 1. The van der Waals surface area contributed by atoms with E-state index < -0.39 is 0 Å². The van der Waals surface area contributed by atoms with Crippen LogP contribution in [0.2, 0.25) is 5.02 Å². The quantitative estimate of drug-likeness (QED) is 0.840. The maximum absolute atomic E-state index is 9.65. The minimum absolute atomic E-state index is 0.117. The molecule has 3 nitrogen and oxygen atoms in total. The molecule has 2 aromatic rings. The van der Waals surface area contributed by atoms with E-state index in [-0.39, 0.29) is 6.10 Å². The maximum Gasteiger partial charge on any atom is 0.0564 e. The second-order valence-electron chi connectivity index (χ2n) is 6.47. The first kappa shape index (κ1) is 17.4. The summed E-state index contributed by atoms with van der Waals surface area (Å²) in [5.74, 6) is 0. The van der Waals surface area contributed by atoms with Gasteiger partial charge in [-0.05, 0) is 35.6 Å². The summed E-state index contributed by atoms with van der Waals surface area (Å²) >= 11 is 6.21. The van der Waals surface area contributed by atoms with Crippen LogP contribution in [0.4, 0.5) is 0 Å². The molecule has 24 heavy (non-hydrogen) atoms. The molecule has 1 aliphatic rings. The number of aliphatic hydroxyl groups excluding tert-OH is 1. The molecule has 1 fully saturated rings. The van der Waals surface area contributed by atoms with E-state index in [4.69, 9.17) is 11.6 Å². The van der Waals surface area contributed by atoms with Crippen LogP contribution in [0.5, 0.6) is 0 Å². The fourth-order valence-electron chi connectivity index (χ4n) is 3.18. The molecule has 0 radical (unpaired) electrons. The second kappa shape index (κ2) is 8.63. The van der Waals surface area contributed by atoms with Crippen molar-refractivity contribution in [3.8, 4) is 0 Å². The molecule has 0 bridgehead atoms. The predicted molar refractivity (Wildman–Crippen MR) is 99.0 cm³/mol. The van der Waals surface area contributed by atoms with Gasteiger partial charge in [0.1, 0.15) is 0 Å². The summed E-state index contributed by atoms with van der Waals surface area (Å²) < 4.78 is 0. The summed E-state index contributed by atoms with van der Waals surface area (Å²) in [5, 5.41) is 14.0. The fraction of sp³-hybridized carbons (Fsp3) is 0.400. The first-order valence-electron chi connectivity index (χ1n) is 8.63. The number of nitrogens with zero attached hydrogens (tertiary/aromatic N) is 1. The van der Waals surface area contributed by atoms with E-state index in [1.165, 1.54) is 11.1 Å². The summed E-state index contributed by atoms with van der Waals surface area (Å²) in [6.07, 6.45) is 1.65. The number of halogens is 1. The molecular weight excluding hydrogens is 320 g/mol. The lowest BCUT2D eigenvalue weighted by molar-refractivity contribution is 0.0791. The van der Waals surface area contributed by atoms with Crippen LogP contribution in [0.1, 0.15) is 29.5 Å². The summed E-state index contributed by atoms with van der Waals surface area (Å²) in [4.78, 5) is 2.43. The Hall–Kier alpha value is -1.39. The first-order chi connectivity index (χ1) is 11.7. The van der Waals surface area contributed by atoms with Crippen molar-refractivity contribution in [3.63, 3.8) is 0 Å². The predicted octanol–water partition coefficient (Wildman–Crippen LogP) is 3.59. The Bertz CT molecular complexity index is 654. The van der Waals surface area contributed by atoms with Crippen molar-refractivity contribution < 1.29 is 5.11 Å². The van der Waals surface area contributed by atoms with E-state index in [2.05, 4.69) is 40.5 Å². The molecule has 2 N–H and O–H groups in total. The molecule has 0 amide bonds. The number of benzene rings is 2. The van der Waals surface area contributed by atoms with E-state index >= 15 is 0 Å². The third kappa shape index (κ3) is 4.81. The highest BCUT2D eigenvalue weighted by Gasteiger charge is 2.17. The molecule has 128 valence electrons. The summed E-state index contributed by atoms with van der Waals surface area (Å²) in [6.45, 7) is 4.50. The van der Waals surface area contributed by atoms with Crippen molar-refractivity contribution in [1.29, 1.82) is 0 Å². The van der Waals surface area contributed by atoms with Crippen LogP contribution in [0.15, 0.2) is 48.5 Å².